The lowest BCUT2D eigenvalue weighted by Crippen LogP contribution is -2.57. The number of rotatable bonds is 5. The smallest absolute Gasteiger partial charge is 0.241 e. The highest BCUT2D eigenvalue weighted by Gasteiger charge is 2.31. The highest BCUT2D eigenvalue weighted by atomic mass is 35.5. The summed E-state index contributed by atoms with van der Waals surface area (Å²) in [4.78, 5) is 28.5. The Morgan fingerprint density at radius 1 is 1.30 bits per heavy atom. The number of carbonyl (C=O) groups excluding carboxylic acids is 2. The van der Waals surface area contributed by atoms with Gasteiger partial charge in [0.2, 0.25) is 11.8 Å². The van der Waals surface area contributed by atoms with Crippen molar-refractivity contribution in [2.24, 2.45) is 0 Å². The zero-order chi connectivity index (χ0) is 17.6. The van der Waals surface area contributed by atoms with E-state index in [9.17, 15) is 9.59 Å². The molecule has 9 heteroatoms. The van der Waals surface area contributed by atoms with Crippen molar-refractivity contribution >= 4 is 42.3 Å². The maximum Gasteiger partial charge on any atom is 0.241 e. The van der Waals surface area contributed by atoms with E-state index >= 15 is 0 Å². The number of piperidine rings is 1. The lowest BCUT2D eigenvalue weighted by atomic mass is 10.0. The van der Waals surface area contributed by atoms with E-state index in [0.29, 0.717) is 13.1 Å². The molecule has 2 amide bonds. The third-order valence-electron chi connectivity index (χ3n) is 4.85. The molecular formula is C18H28Cl2N4O3. The van der Waals surface area contributed by atoms with Crippen LogP contribution in [0.1, 0.15) is 12.8 Å². The Labute approximate surface area is 172 Å². The summed E-state index contributed by atoms with van der Waals surface area (Å²) in [6.45, 7) is 3.56. The van der Waals surface area contributed by atoms with E-state index in [4.69, 9.17) is 4.74 Å². The zero-order valence-electron chi connectivity index (χ0n) is 15.5. The van der Waals surface area contributed by atoms with Crippen molar-refractivity contribution in [1.29, 1.82) is 0 Å². The molecule has 7 nitrogen and oxygen atoms in total. The van der Waals surface area contributed by atoms with Gasteiger partial charge in [-0.1, -0.05) is 12.1 Å². The number of nitrogens with zero attached hydrogens (tertiary/aromatic N) is 2. The fraction of sp³-hybridized carbons (Fsp3) is 0.556. The first-order valence-electron chi connectivity index (χ1n) is 8.84. The summed E-state index contributed by atoms with van der Waals surface area (Å²) in [7, 11) is 1.61. The molecule has 2 N–H and O–H groups in total. The van der Waals surface area contributed by atoms with E-state index in [1.165, 1.54) is 0 Å². The topological polar surface area (TPSA) is 73.9 Å². The molecule has 1 aromatic rings. The Hall–Kier alpha value is -1.70. The minimum absolute atomic E-state index is 0. The van der Waals surface area contributed by atoms with Crippen LogP contribution in [0.3, 0.4) is 0 Å². The van der Waals surface area contributed by atoms with Crippen LogP contribution in [-0.4, -0.2) is 74.0 Å². The fourth-order valence-electron chi connectivity index (χ4n) is 3.52. The van der Waals surface area contributed by atoms with Crippen LogP contribution in [0.25, 0.3) is 0 Å². The number of benzene rings is 1. The van der Waals surface area contributed by atoms with E-state index in [1.807, 2.05) is 34.1 Å². The maximum absolute atomic E-state index is 12.6. The molecule has 0 radical (unpaired) electrons. The number of hydrogen-bond donors (Lipinski definition) is 2. The number of likely N-dealkylation sites (tertiary alicyclic amines) is 1. The number of piperazine rings is 1. The van der Waals surface area contributed by atoms with Gasteiger partial charge in [-0.25, -0.2) is 0 Å². The van der Waals surface area contributed by atoms with Crippen molar-refractivity contribution in [3.05, 3.63) is 24.3 Å². The molecule has 1 unspecified atom stereocenters. The molecule has 0 bridgehead atoms. The summed E-state index contributed by atoms with van der Waals surface area (Å²) in [5, 5.41) is 6.25. The van der Waals surface area contributed by atoms with Gasteiger partial charge in [0.05, 0.1) is 25.9 Å². The first kappa shape index (κ1) is 23.3. The van der Waals surface area contributed by atoms with Crippen molar-refractivity contribution in [1.82, 2.24) is 15.1 Å². The average Bonchev–Trinajstić information content (AvgIpc) is 2.66. The highest BCUT2D eigenvalue weighted by molar-refractivity contribution is 5.85. The quantitative estimate of drug-likeness (QED) is 0.755. The Bertz CT molecular complexity index is 632. The van der Waals surface area contributed by atoms with E-state index < -0.39 is 0 Å². The predicted octanol–water partition coefficient (Wildman–Crippen LogP) is 1.37. The number of carbonyl (C=O) groups is 2. The van der Waals surface area contributed by atoms with Gasteiger partial charge in [-0.15, -0.1) is 24.8 Å². The van der Waals surface area contributed by atoms with Crippen molar-refractivity contribution in [3.63, 3.8) is 0 Å². The predicted molar refractivity (Wildman–Crippen MR) is 110 cm³/mol. The Morgan fingerprint density at radius 3 is 2.81 bits per heavy atom. The molecular weight excluding hydrogens is 391 g/mol. The largest absolute Gasteiger partial charge is 0.495 e. The minimum Gasteiger partial charge on any atom is -0.495 e. The molecule has 3 rings (SSSR count). The van der Waals surface area contributed by atoms with Crippen LogP contribution in [-0.2, 0) is 9.59 Å². The third kappa shape index (κ3) is 5.89. The Morgan fingerprint density at radius 2 is 2.07 bits per heavy atom. The van der Waals surface area contributed by atoms with E-state index in [1.54, 1.807) is 7.11 Å². The van der Waals surface area contributed by atoms with Crippen LogP contribution in [0, 0.1) is 0 Å². The molecule has 1 aromatic carbocycles. The second kappa shape index (κ2) is 11.2. The van der Waals surface area contributed by atoms with Crippen molar-refractivity contribution in [2.75, 3.05) is 51.7 Å². The molecule has 0 aliphatic carbocycles. The molecule has 2 saturated heterocycles. The second-order valence-electron chi connectivity index (χ2n) is 6.45. The lowest BCUT2D eigenvalue weighted by molar-refractivity contribution is -0.139. The SMILES string of the molecule is COc1ccccc1NCC(=O)N1CCCC(N2CCNCC2=O)C1.Cl.Cl. The van der Waals surface area contributed by atoms with Crippen LogP contribution >= 0.6 is 24.8 Å². The van der Waals surface area contributed by atoms with Gasteiger partial charge in [0.25, 0.3) is 0 Å². The lowest BCUT2D eigenvalue weighted by Gasteiger charge is -2.41. The molecule has 152 valence electrons. The minimum atomic E-state index is 0. The first-order chi connectivity index (χ1) is 12.2. The molecule has 2 aliphatic rings. The molecule has 1 atom stereocenters. The number of halogens is 2. The van der Waals surface area contributed by atoms with Gasteiger partial charge in [0.15, 0.2) is 0 Å². The monoisotopic (exact) mass is 418 g/mol. The molecule has 0 aromatic heterocycles. The number of nitrogens with one attached hydrogen (secondary N) is 2. The van der Waals surface area contributed by atoms with Crippen molar-refractivity contribution in [3.8, 4) is 5.75 Å². The van der Waals surface area contributed by atoms with Gasteiger partial charge < -0.3 is 25.2 Å². The summed E-state index contributed by atoms with van der Waals surface area (Å²) in [6.07, 6.45) is 1.90. The Balaban J connectivity index is 0.00000182. The molecule has 2 heterocycles. The Kier molecular flexibility index (Phi) is 9.69. The van der Waals surface area contributed by atoms with Gasteiger partial charge in [-0.2, -0.15) is 0 Å². The van der Waals surface area contributed by atoms with Crippen LogP contribution in [0.15, 0.2) is 24.3 Å². The van der Waals surface area contributed by atoms with E-state index in [0.717, 1.165) is 43.9 Å². The van der Waals surface area contributed by atoms with Crippen LogP contribution in [0.4, 0.5) is 5.69 Å². The zero-order valence-corrected chi connectivity index (χ0v) is 17.1. The summed E-state index contributed by atoms with van der Waals surface area (Å²) >= 11 is 0. The van der Waals surface area contributed by atoms with E-state index in [2.05, 4.69) is 10.6 Å². The number of hydrogen-bond acceptors (Lipinski definition) is 5. The summed E-state index contributed by atoms with van der Waals surface area (Å²) in [5.74, 6) is 0.911. The van der Waals surface area contributed by atoms with E-state index in [-0.39, 0.29) is 49.2 Å². The van der Waals surface area contributed by atoms with Crippen molar-refractivity contribution < 1.29 is 14.3 Å². The highest BCUT2D eigenvalue weighted by Crippen LogP contribution is 2.23. The normalized spacial score (nSPS) is 19.6. The number of amides is 2. The molecule has 0 spiro atoms. The molecule has 2 fully saturated rings. The molecule has 2 aliphatic heterocycles. The van der Waals surface area contributed by atoms with Gasteiger partial charge in [-0.05, 0) is 25.0 Å². The van der Waals surface area contributed by atoms with Gasteiger partial charge in [0.1, 0.15) is 5.75 Å². The molecule has 0 saturated carbocycles. The molecule has 27 heavy (non-hydrogen) atoms. The number of anilines is 1. The van der Waals surface area contributed by atoms with Crippen molar-refractivity contribution in [2.45, 2.75) is 18.9 Å². The van der Waals surface area contributed by atoms with Crippen LogP contribution in [0.2, 0.25) is 0 Å². The van der Waals surface area contributed by atoms with Gasteiger partial charge in [-0.3, -0.25) is 9.59 Å². The number of ether oxygens (including phenoxy) is 1. The fourth-order valence-corrected chi connectivity index (χ4v) is 3.52. The number of para-hydroxylation sites is 2. The van der Waals surface area contributed by atoms with Crippen LogP contribution in [0.5, 0.6) is 5.75 Å². The summed E-state index contributed by atoms with van der Waals surface area (Å²) < 4.78 is 5.29. The third-order valence-corrected chi connectivity index (χ3v) is 4.85. The number of methoxy groups -OCH3 is 1. The van der Waals surface area contributed by atoms with Crippen LogP contribution < -0.4 is 15.4 Å². The van der Waals surface area contributed by atoms with Gasteiger partial charge >= 0.3 is 0 Å². The average molecular weight is 419 g/mol. The summed E-state index contributed by atoms with van der Waals surface area (Å²) in [5.41, 5.74) is 0.809. The van der Waals surface area contributed by atoms with Gasteiger partial charge in [0, 0.05) is 32.2 Å². The first-order valence-corrected chi connectivity index (χ1v) is 8.84. The second-order valence-corrected chi connectivity index (χ2v) is 6.45. The summed E-state index contributed by atoms with van der Waals surface area (Å²) in [6, 6.07) is 7.69. The standard InChI is InChI=1S/C18H26N4O3.2ClH/c1-25-16-7-3-2-6-15(16)20-12-17(23)21-9-4-5-14(13-21)22-10-8-19-11-18(22)24;;/h2-3,6-7,14,19-20H,4-5,8-13H2,1H3;2*1H. The maximum atomic E-state index is 12.6.